The van der Waals surface area contributed by atoms with Crippen molar-refractivity contribution in [2.75, 3.05) is 6.79 Å². The lowest BCUT2D eigenvalue weighted by atomic mass is 10.0. The van der Waals surface area contributed by atoms with E-state index in [0.717, 1.165) is 20.8 Å². The van der Waals surface area contributed by atoms with Crippen molar-refractivity contribution in [2.24, 2.45) is 5.10 Å². The van der Waals surface area contributed by atoms with Crippen LogP contribution in [-0.4, -0.2) is 23.8 Å². The summed E-state index contributed by atoms with van der Waals surface area (Å²) in [7, 11) is 0. The maximum atomic E-state index is 12.3. The Morgan fingerprint density at radius 3 is 2.66 bits per heavy atom. The molecule has 4 rings (SSSR count). The van der Waals surface area contributed by atoms with Crippen LogP contribution in [-0.2, 0) is 11.2 Å². The van der Waals surface area contributed by atoms with E-state index >= 15 is 0 Å². The van der Waals surface area contributed by atoms with Crippen molar-refractivity contribution in [1.29, 1.82) is 0 Å². The molecule has 0 bridgehead atoms. The molecule has 29 heavy (non-hydrogen) atoms. The number of nitrogens with zero attached hydrogens (tertiary/aromatic N) is 2. The van der Waals surface area contributed by atoms with E-state index in [1.54, 1.807) is 0 Å². The van der Waals surface area contributed by atoms with Gasteiger partial charge in [0, 0.05) is 4.47 Å². The van der Waals surface area contributed by atoms with Gasteiger partial charge < -0.3 is 9.47 Å². The van der Waals surface area contributed by atoms with Crippen LogP contribution in [0.2, 0.25) is 0 Å². The number of hydrogen-bond donors (Lipinski definition) is 1. The number of nitro benzene ring substituents is 1. The highest BCUT2D eigenvalue weighted by atomic mass is 79.9. The topological polar surface area (TPSA) is 103 Å². The first-order valence-corrected chi connectivity index (χ1v) is 9.38. The monoisotopic (exact) mass is 455 g/mol. The van der Waals surface area contributed by atoms with Crippen molar-refractivity contribution < 1.29 is 19.2 Å². The Morgan fingerprint density at radius 2 is 1.90 bits per heavy atom. The maximum absolute atomic E-state index is 12.3. The molecule has 0 atom stereocenters. The highest BCUT2D eigenvalue weighted by Gasteiger charge is 2.22. The molecule has 9 heteroatoms. The number of carbonyl (C=O) groups excluding carboxylic acids is 1. The first kappa shape index (κ1) is 18.9. The molecule has 0 saturated heterocycles. The highest BCUT2D eigenvalue weighted by Crippen LogP contribution is 2.37. The summed E-state index contributed by atoms with van der Waals surface area (Å²) in [4.78, 5) is 23.0. The number of nitro groups is 1. The van der Waals surface area contributed by atoms with Gasteiger partial charge in [0.2, 0.25) is 12.7 Å². The van der Waals surface area contributed by atoms with Crippen molar-refractivity contribution in [1.82, 2.24) is 5.43 Å². The molecule has 3 aromatic rings. The van der Waals surface area contributed by atoms with Gasteiger partial charge in [-0.15, -0.1) is 0 Å². The standard InChI is InChI=1S/C20H14BrN3O5/c21-16-6-5-12(14-3-1-2-4-15(14)16)8-20(25)23-22-10-13-7-18-19(29-11-28-18)9-17(13)24(26)27/h1-7,9-10H,8,11H2,(H,23,25)/b22-10+. The second kappa shape index (κ2) is 7.88. The third-order valence-corrected chi connectivity index (χ3v) is 5.12. The maximum Gasteiger partial charge on any atom is 0.282 e. The zero-order valence-corrected chi connectivity index (χ0v) is 16.5. The zero-order chi connectivity index (χ0) is 20.4. The van der Waals surface area contributed by atoms with Gasteiger partial charge in [0.25, 0.3) is 5.69 Å². The van der Waals surface area contributed by atoms with Crippen molar-refractivity contribution in [3.05, 3.63) is 74.2 Å². The van der Waals surface area contributed by atoms with Crippen LogP contribution in [0.1, 0.15) is 11.1 Å². The van der Waals surface area contributed by atoms with Crippen molar-refractivity contribution in [3.8, 4) is 11.5 Å². The number of hydrazone groups is 1. The number of carbonyl (C=O) groups is 1. The molecule has 146 valence electrons. The van der Waals surface area contributed by atoms with Gasteiger partial charge in [-0.05, 0) is 28.5 Å². The van der Waals surface area contributed by atoms with Crippen molar-refractivity contribution in [3.63, 3.8) is 0 Å². The first-order chi connectivity index (χ1) is 14.0. The van der Waals surface area contributed by atoms with Crippen molar-refractivity contribution >= 4 is 44.5 Å². The molecule has 0 aromatic heterocycles. The number of ether oxygens (including phenoxy) is 2. The molecule has 1 N–H and O–H groups in total. The molecule has 0 aliphatic carbocycles. The van der Waals surface area contributed by atoms with E-state index in [9.17, 15) is 14.9 Å². The number of hydrogen-bond acceptors (Lipinski definition) is 6. The molecule has 0 radical (unpaired) electrons. The molecular formula is C20H14BrN3O5. The van der Waals surface area contributed by atoms with Gasteiger partial charge >= 0.3 is 0 Å². The van der Waals surface area contributed by atoms with Crippen LogP contribution in [0.3, 0.4) is 0 Å². The summed E-state index contributed by atoms with van der Waals surface area (Å²) in [5.74, 6) is 0.363. The quantitative estimate of drug-likeness (QED) is 0.356. The number of rotatable bonds is 5. The first-order valence-electron chi connectivity index (χ1n) is 8.59. The second-order valence-electron chi connectivity index (χ2n) is 6.24. The Morgan fingerprint density at radius 1 is 1.17 bits per heavy atom. The molecule has 1 aliphatic heterocycles. The summed E-state index contributed by atoms with van der Waals surface area (Å²) in [5, 5.41) is 17.1. The van der Waals surface area contributed by atoms with E-state index in [1.165, 1.54) is 18.3 Å². The Bertz CT molecular complexity index is 1160. The molecule has 0 unspecified atom stereocenters. The van der Waals surface area contributed by atoms with Crippen molar-refractivity contribution in [2.45, 2.75) is 6.42 Å². The average molecular weight is 456 g/mol. The molecule has 0 fully saturated rings. The van der Waals surface area contributed by atoms with E-state index in [-0.39, 0.29) is 30.4 Å². The van der Waals surface area contributed by atoms with E-state index < -0.39 is 4.92 Å². The normalized spacial score (nSPS) is 12.4. The minimum atomic E-state index is -0.543. The van der Waals surface area contributed by atoms with E-state index in [2.05, 4.69) is 26.5 Å². The molecule has 1 heterocycles. The van der Waals surface area contributed by atoms with Crippen LogP contribution in [0.4, 0.5) is 5.69 Å². The lowest BCUT2D eigenvalue weighted by Crippen LogP contribution is -2.20. The van der Waals surface area contributed by atoms with Crippen LogP contribution >= 0.6 is 15.9 Å². The number of fused-ring (bicyclic) bond motifs is 2. The van der Waals surface area contributed by atoms with Crippen LogP contribution in [0.25, 0.3) is 10.8 Å². The molecule has 0 saturated carbocycles. The van der Waals surface area contributed by atoms with Gasteiger partial charge in [-0.3, -0.25) is 14.9 Å². The van der Waals surface area contributed by atoms with Gasteiger partial charge in [0.1, 0.15) is 0 Å². The third kappa shape index (κ3) is 3.90. The predicted molar refractivity (Wildman–Crippen MR) is 110 cm³/mol. The number of nitrogens with one attached hydrogen (secondary N) is 1. The highest BCUT2D eigenvalue weighted by molar-refractivity contribution is 9.10. The molecule has 8 nitrogen and oxygen atoms in total. The number of halogens is 1. The SMILES string of the molecule is O=C(Cc1ccc(Br)c2ccccc12)N/N=C/c1cc2c(cc1[N+](=O)[O-])OCO2. The number of amides is 1. The van der Waals surface area contributed by atoms with E-state index in [1.807, 2.05) is 36.4 Å². The summed E-state index contributed by atoms with van der Waals surface area (Å²) >= 11 is 3.51. The second-order valence-corrected chi connectivity index (χ2v) is 7.10. The average Bonchev–Trinajstić information content (AvgIpc) is 3.17. The molecule has 1 amide bonds. The molecule has 0 spiro atoms. The summed E-state index contributed by atoms with van der Waals surface area (Å²) in [6.45, 7) is 0.00493. The fourth-order valence-corrected chi connectivity index (χ4v) is 3.55. The van der Waals surface area contributed by atoms with Gasteiger partial charge in [-0.25, -0.2) is 5.43 Å². The largest absolute Gasteiger partial charge is 0.454 e. The minimum absolute atomic E-state index is 0.00493. The zero-order valence-electron chi connectivity index (χ0n) is 14.9. The van der Waals surface area contributed by atoms with Gasteiger partial charge in [-0.1, -0.05) is 46.3 Å². The van der Waals surface area contributed by atoms with Gasteiger partial charge in [0.05, 0.1) is 29.2 Å². The fourth-order valence-electron chi connectivity index (χ4n) is 3.07. The summed E-state index contributed by atoms with van der Waals surface area (Å²) in [5.41, 5.74) is 3.28. The van der Waals surface area contributed by atoms with Crippen LogP contribution in [0.5, 0.6) is 11.5 Å². The van der Waals surface area contributed by atoms with Crippen LogP contribution in [0, 0.1) is 10.1 Å². The number of benzene rings is 3. The predicted octanol–water partition coefficient (Wildman–Crippen LogP) is 3.93. The molecule has 1 aliphatic rings. The summed E-state index contributed by atoms with van der Waals surface area (Å²) in [6.07, 6.45) is 1.34. The lowest BCUT2D eigenvalue weighted by molar-refractivity contribution is -0.385. The Kier molecular flexibility index (Phi) is 5.13. The third-order valence-electron chi connectivity index (χ3n) is 4.42. The van der Waals surface area contributed by atoms with E-state index in [4.69, 9.17) is 9.47 Å². The lowest BCUT2D eigenvalue weighted by Gasteiger charge is -2.07. The Hall–Kier alpha value is -3.46. The molecule has 3 aromatic carbocycles. The van der Waals surface area contributed by atoms with Gasteiger partial charge in [0.15, 0.2) is 11.5 Å². The summed E-state index contributed by atoms with van der Waals surface area (Å²) < 4.78 is 11.3. The smallest absolute Gasteiger partial charge is 0.282 e. The Balaban J connectivity index is 1.50. The van der Waals surface area contributed by atoms with Crippen LogP contribution in [0.15, 0.2) is 58.1 Å². The minimum Gasteiger partial charge on any atom is -0.454 e. The molecular weight excluding hydrogens is 442 g/mol. The van der Waals surface area contributed by atoms with E-state index in [0.29, 0.717) is 11.5 Å². The summed E-state index contributed by atoms with van der Waals surface area (Å²) in [6, 6.07) is 14.3. The van der Waals surface area contributed by atoms with Gasteiger partial charge in [-0.2, -0.15) is 5.10 Å². The fraction of sp³-hybridized carbons (Fsp3) is 0.100. The Labute approximate surface area is 173 Å². The van der Waals surface area contributed by atoms with Crippen LogP contribution < -0.4 is 14.9 Å².